The zero-order chi connectivity index (χ0) is 20.5. The van der Waals surface area contributed by atoms with Gasteiger partial charge in [0.1, 0.15) is 5.75 Å². The Bertz CT molecular complexity index is 774. The Morgan fingerprint density at radius 1 is 1.23 bits per heavy atom. The van der Waals surface area contributed by atoms with Crippen LogP contribution in [0.5, 0.6) is 5.75 Å². The topological polar surface area (TPSA) is 75.9 Å². The molecule has 0 amide bonds. The minimum Gasteiger partial charge on any atom is -0.497 e. The van der Waals surface area contributed by atoms with Gasteiger partial charge in [-0.3, -0.25) is 14.6 Å². The highest BCUT2D eigenvalue weighted by Gasteiger charge is 2.23. The maximum absolute atomic E-state index is 5.54. The monoisotopic (exact) mass is 528 g/mol. The summed E-state index contributed by atoms with van der Waals surface area (Å²) in [5.41, 5.74) is 2.46. The number of nitrogens with zero attached hydrogens (tertiary/aromatic N) is 4. The molecule has 0 spiro atoms. The number of aryl methyl sites for hydroxylation is 1. The third-order valence-corrected chi connectivity index (χ3v) is 5.14. The van der Waals surface area contributed by atoms with Gasteiger partial charge in [0, 0.05) is 46.5 Å². The summed E-state index contributed by atoms with van der Waals surface area (Å²) in [5, 5.41) is 11.1. The number of aliphatic imine (C=N–C) groups is 1. The lowest BCUT2D eigenvalue weighted by Gasteiger charge is -2.35. The van der Waals surface area contributed by atoms with Crippen LogP contribution in [0.15, 0.2) is 41.7 Å². The molecule has 1 aromatic heterocycles. The van der Waals surface area contributed by atoms with Crippen LogP contribution in [0.4, 0.5) is 0 Å². The van der Waals surface area contributed by atoms with E-state index in [2.05, 4.69) is 37.8 Å². The second-order valence-corrected chi connectivity index (χ2v) is 7.09. The molecule has 0 bridgehead atoms. The highest BCUT2D eigenvalue weighted by molar-refractivity contribution is 14.0. The largest absolute Gasteiger partial charge is 0.497 e. The van der Waals surface area contributed by atoms with E-state index in [0.717, 1.165) is 57.5 Å². The van der Waals surface area contributed by atoms with Crippen molar-refractivity contribution in [2.75, 3.05) is 53.6 Å². The van der Waals surface area contributed by atoms with Crippen LogP contribution in [0.1, 0.15) is 17.2 Å². The molecule has 0 saturated carbocycles. The molecular weight excluding hydrogens is 495 g/mol. The summed E-state index contributed by atoms with van der Waals surface area (Å²) in [6, 6.07) is 8.55. The van der Waals surface area contributed by atoms with Crippen LogP contribution in [0.2, 0.25) is 0 Å². The molecule has 1 unspecified atom stereocenters. The van der Waals surface area contributed by atoms with Crippen LogP contribution < -0.4 is 15.4 Å². The van der Waals surface area contributed by atoms with E-state index in [9.17, 15) is 0 Å². The van der Waals surface area contributed by atoms with Gasteiger partial charge in [-0.05, 0) is 29.7 Å². The van der Waals surface area contributed by atoms with Gasteiger partial charge >= 0.3 is 0 Å². The van der Waals surface area contributed by atoms with Gasteiger partial charge in [-0.2, -0.15) is 5.10 Å². The van der Waals surface area contributed by atoms with Gasteiger partial charge in [-0.1, -0.05) is 12.1 Å². The summed E-state index contributed by atoms with van der Waals surface area (Å²) in [5.74, 6) is 1.68. The highest BCUT2D eigenvalue weighted by atomic mass is 127. The standard InChI is InChI=1S/C21H32N6O2.HI/c1-22-21(23-9-8-17-14-25-26(2)16-17)24-15-20(27-10-12-29-13-11-27)18-4-6-19(28-3)7-5-18;/h4-7,14,16,20H,8-13,15H2,1-3H3,(H2,22,23,24);1H. The number of rotatable bonds is 8. The summed E-state index contributed by atoms with van der Waals surface area (Å²) in [4.78, 5) is 6.83. The summed E-state index contributed by atoms with van der Waals surface area (Å²) in [6.45, 7) is 4.95. The zero-order valence-corrected chi connectivity index (χ0v) is 20.3. The van der Waals surface area contributed by atoms with Crippen LogP contribution in [0, 0.1) is 0 Å². The van der Waals surface area contributed by atoms with Crippen molar-refractivity contribution in [2.24, 2.45) is 12.0 Å². The smallest absolute Gasteiger partial charge is 0.191 e. The minimum absolute atomic E-state index is 0. The van der Waals surface area contributed by atoms with Crippen molar-refractivity contribution < 1.29 is 9.47 Å². The number of hydrogen-bond donors (Lipinski definition) is 2. The maximum Gasteiger partial charge on any atom is 0.191 e. The van der Waals surface area contributed by atoms with Crippen LogP contribution in [0.25, 0.3) is 0 Å². The quantitative estimate of drug-likeness (QED) is 0.310. The van der Waals surface area contributed by atoms with Crippen LogP contribution in [-0.4, -0.2) is 74.2 Å². The van der Waals surface area contributed by atoms with E-state index in [0.29, 0.717) is 0 Å². The summed E-state index contributed by atoms with van der Waals surface area (Å²) >= 11 is 0. The molecule has 2 heterocycles. The number of aromatic nitrogens is 2. The Labute approximate surface area is 196 Å². The molecule has 1 fully saturated rings. The summed E-state index contributed by atoms with van der Waals surface area (Å²) in [6.07, 6.45) is 4.84. The third kappa shape index (κ3) is 7.13. The Balaban J connectivity index is 0.00000320. The van der Waals surface area contributed by atoms with E-state index in [4.69, 9.17) is 9.47 Å². The Morgan fingerprint density at radius 2 is 1.97 bits per heavy atom. The van der Waals surface area contributed by atoms with Crippen molar-refractivity contribution in [3.05, 3.63) is 47.8 Å². The second-order valence-electron chi connectivity index (χ2n) is 7.09. The number of nitrogens with one attached hydrogen (secondary N) is 2. The molecule has 166 valence electrons. The SMILES string of the molecule is CN=C(NCCc1cnn(C)c1)NCC(c1ccc(OC)cc1)N1CCOCC1.I. The average Bonchev–Trinajstić information content (AvgIpc) is 3.18. The van der Waals surface area contributed by atoms with Crippen molar-refractivity contribution in [3.63, 3.8) is 0 Å². The molecule has 1 aliphatic rings. The maximum atomic E-state index is 5.54. The molecule has 2 N–H and O–H groups in total. The fraction of sp³-hybridized carbons (Fsp3) is 0.524. The number of halogens is 1. The lowest BCUT2D eigenvalue weighted by molar-refractivity contribution is 0.0170. The summed E-state index contributed by atoms with van der Waals surface area (Å²) in [7, 11) is 5.43. The Hall–Kier alpha value is -1.85. The molecule has 9 heteroatoms. The first kappa shape index (κ1) is 24.4. The first-order chi connectivity index (χ1) is 14.2. The van der Waals surface area contributed by atoms with E-state index >= 15 is 0 Å². The van der Waals surface area contributed by atoms with Gasteiger partial charge < -0.3 is 20.1 Å². The lowest BCUT2D eigenvalue weighted by Crippen LogP contribution is -2.46. The predicted octanol–water partition coefficient (Wildman–Crippen LogP) is 1.83. The van der Waals surface area contributed by atoms with Gasteiger partial charge in [-0.25, -0.2) is 0 Å². The first-order valence-corrected chi connectivity index (χ1v) is 10.1. The normalized spacial score (nSPS) is 15.9. The van der Waals surface area contributed by atoms with Crippen LogP contribution in [0.3, 0.4) is 0 Å². The molecule has 1 aliphatic heterocycles. The van der Waals surface area contributed by atoms with Crippen molar-refractivity contribution >= 4 is 29.9 Å². The van der Waals surface area contributed by atoms with E-state index in [1.54, 1.807) is 14.2 Å². The fourth-order valence-corrected chi connectivity index (χ4v) is 3.51. The van der Waals surface area contributed by atoms with Crippen molar-refractivity contribution in [1.29, 1.82) is 0 Å². The van der Waals surface area contributed by atoms with Crippen LogP contribution in [-0.2, 0) is 18.2 Å². The van der Waals surface area contributed by atoms with E-state index in [1.807, 2.05) is 36.3 Å². The molecule has 0 aliphatic carbocycles. The van der Waals surface area contributed by atoms with Crippen LogP contribution >= 0.6 is 24.0 Å². The fourth-order valence-electron chi connectivity index (χ4n) is 3.51. The molecule has 3 rings (SSSR count). The van der Waals surface area contributed by atoms with Gasteiger partial charge in [0.2, 0.25) is 0 Å². The van der Waals surface area contributed by atoms with E-state index in [-0.39, 0.29) is 30.0 Å². The average molecular weight is 528 g/mol. The second kappa shape index (κ2) is 12.8. The van der Waals surface area contributed by atoms with Crippen molar-refractivity contribution in [2.45, 2.75) is 12.5 Å². The number of guanidine groups is 1. The first-order valence-electron chi connectivity index (χ1n) is 10.1. The molecule has 1 aromatic carbocycles. The molecule has 1 atom stereocenters. The summed E-state index contributed by atoms with van der Waals surface area (Å²) < 4.78 is 12.7. The zero-order valence-electron chi connectivity index (χ0n) is 18.0. The molecule has 1 saturated heterocycles. The third-order valence-electron chi connectivity index (χ3n) is 5.14. The number of ether oxygens (including phenoxy) is 2. The van der Waals surface area contributed by atoms with Gasteiger partial charge in [0.05, 0.1) is 32.6 Å². The Morgan fingerprint density at radius 3 is 2.57 bits per heavy atom. The highest BCUT2D eigenvalue weighted by Crippen LogP contribution is 2.23. The molecular formula is C21H33IN6O2. The van der Waals surface area contributed by atoms with E-state index < -0.39 is 0 Å². The molecule has 8 nitrogen and oxygen atoms in total. The minimum atomic E-state index is 0. The van der Waals surface area contributed by atoms with Gasteiger partial charge in [0.25, 0.3) is 0 Å². The van der Waals surface area contributed by atoms with Crippen molar-refractivity contribution in [1.82, 2.24) is 25.3 Å². The number of morpholine rings is 1. The lowest BCUT2D eigenvalue weighted by atomic mass is 10.0. The predicted molar refractivity (Wildman–Crippen MR) is 130 cm³/mol. The molecule has 2 aromatic rings. The molecule has 0 radical (unpaired) electrons. The number of methoxy groups -OCH3 is 1. The molecule has 30 heavy (non-hydrogen) atoms. The number of benzene rings is 1. The van der Waals surface area contributed by atoms with Gasteiger partial charge in [-0.15, -0.1) is 24.0 Å². The van der Waals surface area contributed by atoms with Crippen molar-refractivity contribution in [3.8, 4) is 5.75 Å². The van der Waals surface area contributed by atoms with E-state index in [1.165, 1.54) is 11.1 Å². The Kier molecular flexibility index (Phi) is 10.4. The number of hydrogen-bond acceptors (Lipinski definition) is 5. The van der Waals surface area contributed by atoms with Gasteiger partial charge in [0.15, 0.2) is 5.96 Å².